The Morgan fingerprint density at radius 1 is 1.75 bits per heavy atom. The summed E-state index contributed by atoms with van der Waals surface area (Å²) >= 11 is 0. The Kier molecular flexibility index (Phi) is 1.99. The topological polar surface area (TPSA) is 46.3 Å². The molecule has 0 amide bonds. The van der Waals surface area contributed by atoms with E-state index in [0.717, 1.165) is 0 Å². The number of hydrogen-bond acceptors (Lipinski definition) is 3. The molecule has 0 bridgehead atoms. The first-order valence-electron chi connectivity index (χ1n) is 1.91. The van der Waals surface area contributed by atoms with Gasteiger partial charge < -0.3 is 9.63 Å². The number of aryl methyl sites for hydroxylation is 1. The first kappa shape index (κ1) is 6.94. The molecule has 0 saturated heterocycles. The molecule has 0 aromatic carbocycles. The molecule has 0 spiro atoms. The van der Waals surface area contributed by atoms with Gasteiger partial charge in [0.2, 0.25) is 0 Å². The summed E-state index contributed by atoms with van der Waals surface area (Å²) in [4.78, 5) is 0. The number of rotatable bonds is 0. The molecule has 0 atom stereocenters. The van der Waals surface area contributed by atoms with Gasteiger partial charge in [0.1, 0.15) is 5.76 Å². The van der Waals surface area contributed by atoms with Gasteiger partial charge in [-0.1, -0.05) is 0 Å². The number of aromatic hydroxyl groups is 1. The standard InChI is InChI=1S/C4H5NO2.FH/c1-3-2-4(6)5-7-3;/h2H,1H3,(H,5,6);1H. The van der Waals surface area contributed by atoms with Crippen LogP contribution in [0.4, 0.5) is 4.70 Å². The van der Waals surface area contributed by atoms with Crippen molar-refractivity contribution in [1.29, 1.82) is 0 Å². The molecular weight excluding hydrogens is 113 g/mol. The predicted molar refractivity (Wildman–Crippen MR) is 25.4 cm³/mol. The number of halogens is 1. The van der Waals surface area contributed by atoms with Gasteiger partial charge in [-0.2, -0.15) is 0 Å². The van der Waals surface area contributed by atoms with E-state index in [4.69, 9.17) is 5.11 Å². The van der Waals surface area contributed by atoms with Gasteiger partial charge in [0.15, 0.2) is 0 Å². The van der Waals surface area contributed by atoms with Crippen molar-refractivity contribution in [3.8, 4) is 5.88 Å². The number of aromatic nitrogens is 1. The summed E-state index contributed by atoms with van der Waals surface area (Å²) in [6.07, 6.45) is 0. The van der Waals surface area contributed by atoms with Crippen LogP contribution in [-0.2, 0) is 0 Å². The van der Waals surface area contributed by atoms with E-state index < -0.39 is 0 Å². The van der Waals surface area contributed by atoms with Crippen molar-refractivity contribution >= 4 is 0 Å². The Hall–Kier alpha value is -1.06. The molecule has 3 nitrogen and oxygen atoms in total. The molecule has 0 aliphatic rings. The van der Waals surface area contributed by atoms with Crippen LogP contribution in [0.25, 0.3) is 0 Å². The zero-order valence-corrected chi connectivity index (χ0v) is 4.29. The minimum absolute atomic E-state index is 0. The lowest BCUT2D eigenvalue weighted by molar-refractivity contribution is 0.348. The van der Waals surface area contributed by atoms with E-state index in [-0.39, 0.29) is 10.6 Å². The summed E-state index contributed by atoms with van der Waals surface area (Å²) in [5.41, 5.74) is 0. The van der Waals surface area contributed by atoms with Crippen LogP contribution in [0.5, 0.6) is 5.88 Å². The van der Waals surface area contributed by atoms with Crippen molar-refractivity contribution in [2.45, 2.75) is 6.92 Å². The minimum atomic E-state index is -0.0579. The summed E-state index contributed by atoms with van der Waals surface area (Å²) in [6.45, 7) is 1.72. The van der Waals surface area contributed by atoms with Crippen molar-refractivity contribution in [2.24, 2.45) is 0 Å². The molecule has 1 aromatic heterocycles. The molecule has 1 aromatic rings. The molecule has 1 rings (SSSR count). The fourth-order valence-corrected chi connectivity index (χ4v) is 0.353. The van der Waals surface area contributed by atoms with Crippen molar-refractivity contribution in [1.82, 2.24) is 5.16 Å². The third-order valence-electron chi connectivity index (χ3n) is 0.616. The smallest absolute Gasteiger partial charge is 0.251 e. The van der Waals surface area contributed by atoms with Gasteiger partial charge in [0, 0.05) is 6.07 Å². The van der Waals surface area contributed by atoms with Crippen LogP contribution < -0.4 is 0 Å². The Bertz CT molecular complexity index is 146. The lowest BCUT2D eigenvalue weighted by Crippen LogP contribution is -1.52. The van der Waals surface area contributed by atoms with E-state index in [1.54, 1.807) is 6.92 Å². The van der Waals surface area contributed by atoms with Crippen LogP contribution >= 0.6 is 0 Å². The largest absolute Gasteiger partial charge is 0.491 e. The van der Waals surface area contributed by atoms with Crippen molar-refractivity contribution in [3.63, 3.8) is 0 Å². The molecule has 0 saturated carbocycles. The van der Waals surface area contributed by atoms with Gasteiger partial charge >= 0.3 is 0 Å². The fourth-order valence-electron chi connectivity index (χ4n) is 0.353. The third-order valence-corrected chi connectivity index (χ3v) is 0.616. The van der Waals surface area contributed by atoms with Crippen LogP contribution in [0.3, 0.4) is 0 Å². The molecule has 0 aliphatic carbocycles. The first-order valence-corrected chi connectivity index (χ1v) is 1.91. The molecule has 8 heavy (non-hydrogen) atoms. The minimum Gasteiger partial charge on any atom is -0.491 e. The molecule has 46 valence electrons. The highest BCUT2D eigenvalue weighted by Gasteiger charge is 1.91. The average molecular weight is 119 g/mol. The molecule has 0 fully saturated rings. The zero-order chi connectivity index (χ0) is 5.28. The Balaban J connectivity index is 0.000000490. The Morgan fingerprint density at radius 3 is 2.50 bits per heavy atom. The van der Waals surface area contributed by atoms with Crippen LogP contribution in [-0.4, -0.2) is 10.3 Å². The maximum absolute atomic E-state index is 8.45. The third kappa shape index (κ3) is 1.22. The molecule has 0 unspecified atom stereocenters. The predicted octanol–water partition coefficient (Wildman–Crippen LogP) is 0.841. The van der Waals surface area contributed by atoms with Gasteiger partial charge in [-0.05, 0) is 12.1 Å². The average Bonchev–Trinajstić information content (AvgIpc) is 1.87. The van der Waals surface area contributed by atoms with E-state index in [0.29, 0.717) is 5.76 Å². The quantitative estimate of drug-likeness (QED) is 0.550. The summed E-state index contributed by atoms with van der Waals surface area (Å²) < 4.78 is 4.46. The van der Waals surface area contributed by atoms with E-state index in [9.17, 15) is 0 Å². The van der Waals surface area contributed by atoms with Crippen LogP contribution in [0.1, 0.15) is 5.76 Å². The molecular formula is C4H6FNO2. The van der Waals surface area contributed by atoms with E-state index in [1.165, 1.54) is 6.07 Å². The van der Waals surface area contributed by atoms with Gasteiger partial charge in [-0.25, -0.2) is 0 Å². The van der Waals surface area contributed by atoms with Crippen LogP contribution in [0, 0.1) is 6.92 Å². The van der Waals surface area contributed by atoms with E-state index >= 15 is 0 Å². The summed E-state index contributed by atoms with van der Waals surface area (Å²) in [6, 6.07) is 1.44. The highest BCUT2D eigenvalue weighted by Crippen LogP contribution is 2.05. The van der Waals surface area contributed by atoms with Crippen molar-refractivity contribution < 1.29 is 14.3 Å². The van der Waals surface area contributed by atoms with Crippen molar-refractivity contribution in [3.05, 3.63) is 11.8 Å². The Labute approximate surface area is 45.3 Å². The van der Waals surface area contributed by atoms with Crippen molar-refractivity contribution in [2.75, 3.05) is 0 Å². The maximum atomic E-state index is 8.45. The lowest BCUT2D eigenvalue weighted by Gasteiger charge is -1.64. The number of nitrogens with zero attached hydrogens (tertiary/aromatic N) is 1. The van der Waals surface area contributed by atoms with E-state index in [1.807, 2.05) is 0 Å². The maximum Gasteiger partial charge on any atom is 0.251 e. The number of hydrogen-bond donors (Lipinski definition) is 1. The highest BCUT2D eigenvalue weighted by molar-refractivity contribution is 5.06. The SMILES string of the molecule is Cc1cc(O)no1.F. The second kappa shape index (κ2) is 2.30. The molecule has 1 heterocycles. The van der Waals surface area contributed by atoms with Gasteiger partial charge in [0.05, 0.1) is 0 Å². The first-order chi connectivity index (χ1) is 3.29. The summed E-state index contributed by atoms with van der Waals surface area (Å²) in [5.74, 6) is 0.565. The highest BCUT2D eigenvalue weighted by atomic mass is 19.0. The van der Waals surface area contributed by atoms with Gasteiger partial charge in [-0.15, -0.1) is 0 Å². The molecule has 0 radical (unpaired) electrons. The lowest BCUT2D eigenvalue weighted by atomic mass is 10.5. The summed E-state index contributed by atoms with van der Waals surface area (Å²) in [7, 11) is 0. The van der Waals surface area contributed by atoms with E-state index in [2.05, 4.69) is 9.68 Å². The van der Waals surface area contributed by atoms with Gasteiger partial charge in [0.25, 0.3) is 5.88 Å². The second-order valence-electron chi connectivity index (χ2n) is 1.30. The molecule has 1 N–H and O–H groups in total. The monoisotopic (exact) mass is 119 g/mol. The molecule has 0 aliphatic heterocycles. The summed E-state index contributed by atoms with van der Waals surface area (Å²) in [5, 5.41) is 11.6. The fraction of sp³-hybridized carbons (Fsp3) is 0.250. The Morgan fingerprint density at radius 2 is 2.38 bits per heavy atom. The zero-order valence-electron chi connectivity index (χ0n) is 4.29. The van der Waals surface area contributed by atoms with Crippen LogP contribution in [0.2, 0.25) is 0 Å². The van der Waals surface area contributed by atoms with Gasteiger partial charge in [-0.3, -0.25) is 4.70 Å². The molecule has 4 heteroatoms. The second-order valence-corrected chi connectivity index (χ2v) is 1.30. The van der Waals surface area contributed by atoms with Crippen LogP contribution in [0.15, 0.2) is 10.6 Å². The normalized spacial score (nSPS) is 8.12.